The van der Waals surface area contributed by atoms with Gasteiger partial charge in [0.1, 0.15) is 5.82 Å². The van der Waals surface area contributed by atoms with E-state index in [1.807, 2.05) is 0 Å². The van der Waals surface area contributed by atoms with Crippen molar-refractivity contribution < 1.29 is 9.23 Å². The Bertz CT molecular complexity index is 308. The molecule has 0 fully saturated rings. The second-order valence-corrected chi connectivity index (χ2v) is 3.58. The summed E-state index contributed by atoms with van der Waals surface area (Å²) in [6.45, 7) is 0.237. The van der Waals surface area contributed by atoms with Crippen LogP contribution in [-0.2, 0) is 11.4 Å². The van der Waals surface area contributed by atoms with E-state index in [0.717, 1.165) is 0 Å². The molecule has 0 aromatic heterocycles. The molecule has 0 spiro atoms. The van der Waals surface area contributed by atoms with Crippen molar-refractivity contribution in [2.75, 3.05) is 7.11 Å². The van der Waals surface area contributed by atoms with Gasteiger partial charge in [-0.05, 0) is 28.1 Å². The fourth-order valence-corrected chi connectivity index (χ4v) is 1.47. The van der Waals surface area contributed by atoms with Crippen LogP contribution in [0.3, 0.4) is 0 Å². The van der Waals surface area contributed by atoms with E-state index >= 15 is 0 Å². The molecule has 0 saturated carbocycles. The first-order chi connectivity index (χ1) is 6.16. The first-order valence-electron chi connectivity index (χ1n) is 3.55. The lowest BCUT2D eigenvalue weighted by Gasteiger charge is -2.07. The number of hydrogen-bond donors (Lipinski definition) is 1. The molecule has 0 aliphatic heterocycles. The van der Waals surface area contributed by atoms with Crippen LogP contribution < -0.4 is 5.48 Å². The minimum Gasteiger partial charge on any atom is -0.305 e. The second kappa shape index (κ2) is 4.91. The predicted molar refractivity (Wildman–Crippen MR) is 53.0 cm³/mol. The van der Waals surface area contributed by atoms with Gasteiger partial charge in [-0.2, -0.15) is 5.48 Å². The number of benzene rings is 1. The summed E-state index contributed by atoms with van der Waals surface area (Å²) >= 11 is 9.06. The molecule has 5 heteroatoms. The summed E-state index contributed by atoms with van der Waals surface area (Å²) in [5.74, 6) is -0.349. The Morgan fingerprint density at radius 2 is 2.31 bits per heavy atom. The molecule has 0 aliphatic carbocycles. The van der Waals surface area contributed by atoms with Crippen LogP contribution in [0.5, 0.6) is 0 Å². The third kappa shape index (κ3) is 2.64. The molecule has 0 saturated heterocycles. The number of hydroxylamine groups is 1. The van der Waals surface area contributed by atoms with Crippen molar-refractivity contribution in [3.63, 3.8) is 0 Å². The average molecular weight is 269 g/mol. The van der Waals surface area contributed by atoms with Gasteiger partial charge in [-0.3, -0.25) is 0 Å². The van der Waals surface area contributed by atoms with Crippen LogP contribution >= 0.6 is 27.5 Å². The smallest absolute Gasteiger partial charge is 0.129 e. The average Bonchev–Trinajstić information content (AvgIpc) is 2.12. The molecule has 0 bridgehead atoms. The van der Waals surface area contributed by atoms with Crippen LogP contribution in [0.2, 0.25) is 5.02 Å². The molecular formula is C8H8BrClFNO. The van der Waals surface area contributed by atoms with Crippen molar-refractivity contribution in [1.82, 2.24) is 5.48 Å². The van der Waals surface area contributed by atoms with E-state index in [1.54, 1.807) is 6.07 Å². The van der Waals surface area contributed by atoms with E-state index in [0.29, 0.717) is 15.1 Å². The minimum atomic E-state index is -0.349. The summed E-state index contributed by atoms with van der Waals surface area (Å²) < 4.78 is 13.8. The predicted octanol–water partition coefficient (Wildman–Crippen LogP) is 2.89. The zero-order valence-corrected chi connectivity index (χ0v) is 9.25. The van der Waals surface area contributed by atoms with E-state index < -0.39 is 0 Å². The lowest BCUT2D eigenvalue weighted by molar-refractivity contribution is 0.0859. The summed E-state index contributed by atoms with van der Waals surface area (Å²) in [4.78, 5) is 4.61. The van der Waals surface area contributed by atoms with Crippen molar-refractivity contribution in [1.29, 1.82) is 0 Å². The number of nitrogens with one attached hydrogen (secondary N) is 1. The Morgan fingerprint density at radius 1 is 1.62 bits per heavy atom. The quantitative estimate of drug-likeness (QED) is 0.672. The molecule has 2 nitrogen and oxygen atoms in total. The van der Waals surface area contributed by atoms with Crippen LogP contribution in [0.1, 0.15) is 5.56 Å². The molecular weight excluding hydrogens is 260 g/mol. The lowest BCUT2D eigenvalue weighted by atomic mass is 10.2. The van der Waals surface area contributed by atoms with Gasteiger partial charge in [0, 0.05) is 10.0 Å². The van der Waals surface area contributed by atoms with Gasteiger partial charge < -0.3 is 4.84 Å². The van der Waals surface area contributed by atoms with Crippen LogP contribution in [0, 0.1) is 5.82 Å². The Balaban J connectivity index is 2.96. The molecule has 0 amide bonds. The van der Waals surface area contributed by atoms with Crippen LogP contribution in [0.25, 0.3) is 0 Å². The van der Waals surface area contributed by atoms with Crippen LogP contribution in [0.15, 0.2) is 16.6 Å². The normalized spacial score (nSPS) is 10.5. The molecule has 72 valence electrons. The summed E-state index contributed by atoms with van der Waals surface area (Å²) in [5, 5.41) is 0.365. The van der Waals surface area contributed by atoms with Crippen molar-refractivity contribution in [2.24, 2.45) is 0 Å². The van der Waals surface area contributed by atoms with E-state index in [-0.39, 0.29) is 12.4 Å². The largest absolute Gasteiger partial charge is 0.305 e. The van der Waals surface area contributed by atoms with Crippen LogP contribution in [0.4, 0.5) is 4.39 Å². The number of halogens is 3. The Labute approximate surface area is 89.1 Å². The van der Waals surface area contributed by atoms with E-state index in [9.17, 15) is 4.39 Å². The van der Waals surface area contributed by atoms with Gasteiger partial charge in [-0.1, -0.05) is 11.6 Å². The first kappa shape index (κ1) is 10.9. The molecule has 0 radical (unpaired) electrons. The maximum Gasteiger partial charge on any atom is 0.129 e. The highest BCUT2D eigenvalue weighted by atomic mass is 79.9. The molecule has 0 atom stereocenters. The van der Waals surface area contributed by atoms with E-state index in [4.69, 9.17) is 11.6 Å². The molecule has 0 heterocycles. The molecule has 0 aliphatic rings. The Morgan fingerprint density at radius 3 is 2.92 bits per heavy atom. The Hall–Kier alpha value is -0.160. The highest BCUT2D eigenvalue weighted by Gasteiger charge is 2.09. The molecule has 1 rings (SSSR count). The first-order valence-corrected chi connectivity index (χ1v) is 4.72. The van der Waals surface area contributed by atoms with E-state index in [1.165, 1.54) is 13.2 Å². The number of hydrogen-bond acceptors (Lipinski definition) is 2. The lowest BCUT2D eigenvalue weighted by Crippen LogP contribution is -2.12. The second-order valence-electron chi connectivity index (χ2n) is 2.35. The van der Waals surface area contributed by atoms with Gasteiger partial charge in [0.15, 0.2) is 0 Å². The standard InChI is InChI=1S/C8H8BrClFNO/c1-13-12-4-5-7(11)3-2-6(9)8(5)10/h2-3,12H,4H2,1H3. The molecule has 1 N–H and O–H groups in total. The minimum absolute atomic E-state index is 0.237. The monoisotopic (exact) mass is 267 g/mol. The fraction of sp³-hybridized carbons (Fsp3) is 0.250. The molecule has 0 unspecified atom stereocenters. The van der Waals surface area contributed by atoms with Gasteiger partial charge in [-0.25, -0.2) is 4.39 Å². The Kier molecular flexibility index (Phi) is 4.12. The summed E-state index contributed by atoms with van der Waals surface area (Å²) in [6, 6.07) is 2.91. The number of rotatable bonds is 3. The topological polar surface area (TPSA) is 21.3 Å². The summed E-state index contributed by atoms with van der Waals surface area (Å²) in [6.07, 6.45) is 0. The zero-order valence-electron chi connectivity index (χ0n) is 6.90. The highest BCUT2D eigenvalue weighted by Crippen LogP contribution is 2.28. The highest BCUT2D eigenvalue weighted by molar-refractivity contribution is 9.10. The molecule has 13 heavy (non-hydrogen) atoms. The zero-order chi connectivity index (χ0) is 9.84. The van der Waals surface area contributed by atoms with Crippen molar-refractivity contribution in [2.45, 2.75) is 6.54 Å². The summed E-state index contributed by atoms with van der Waals surface area (Å²) in [5.41, 5.74) is 2.92. The maximum absolute atomic E-state index is 13.2. The van der Waals surface area contributed by atoms with Crippen molar-refractivity contribution >= 4 is 27.5 Å². The van der Waals surface area contributed by atoms with Crippen LogP contribution in [-0.4, -0.2) is 7.11 Å². The van der Waals surface area contributed by atoms with E-state index in [2.05, 4.69) is 26.2 Å². The SMILES string of the molecule is CONCc1c(F)ccc(Br)c1Cl. The van der Waals surface area contributed by atoms with Crippen molar-refractivity contribution in [3.05, 3.63) is 33.0 Å². The van der Waals surface area contributed by atoms with Crippen molar-refractivity contribution in [3.8, 4) is 0 Å². The fourth-order valence-electron chi connectivity index (χ4n) is 0.875. The van der Waals surface area contributed by atoms with Gasteiger partial charge in [0.25, 0.3) is 0 Å². The third-order valence-corrected chi connectivity index (χ3v) is 2.85. The van der Waals surface area contributed by atoms with Gasteiger partial charge in [0.05, 0.1) is 18.7 Å². The molecule has 1 aromatic rings. The van der Waals surface area contributed by atoms with Gasteiger partial charge in [-0.15, -0.1) is 0 Å². The third-order valence-electron chi connectivity index (χ3n) is 1.53. The molecule has 1 aromatic carbocycles. The van der Waals surface area contributed by atoms with Gasteiger partial charge in [0.2, 0.25) is 0 Å². The summed E-state index contributed by atoms with van der Waals surface area (Å²) in [7, 11) is 1.46. The maximum atomic E-state index is 13.2. The van der Waals surface area contributed by atoms with Gasteiger partial charge >= 0.3 is 0 Å².